The number of anilines is 6. The van der Waals surface area contributed by atoms with Crippen molar-refractivity contribution in [1.82, 2.24) is 0 Å². The molecule has 404 valence electrons. The summed E-state index contributed by atoms with van der Waals surface area (Å²) >= 11 is 0. The molecule has 0 spiro atoms. The zero-order chi connectivity index (χ0) is 55.6. The molecule has 6 nitrogen and oxygen atoms in total. The van der Waals surface area contributed by atoms with Crippen LogP contribution in [0.25, 0.3) is 43.4 Å². The van der Waals surface area contributed by atoms with Crippen LogP contribution < -0.4 is 31.9 Å². The summed E-state index contributed by atoms with van der Waals surface area (Å²) in [6.07, 6.45) is 0.787. The van der Waals surface area contributed by atoms with E-state index in [-0.39, 0.29) is 0 Å². The van der Waals surface area contributed by atoms with E-state index < -0.39 is 0 Å². The highest BCUT2D eigenvalue weighted by atomic mass is 14.9. The summed E-state index contributed by atoms with van der Waals surface area (Å²) in [5.74, 6) is 0. The van der Waals surface area contributed by atoms with Gasteiger partial charge in [0, 0.05) is 73.4 Å². The Hall–Kier alpha value is -9.78. The summed E-state index contributed by atoms with van der Waals surface area (Å²) in [7, 11) is 0. The maximum atomic E-state index is 3.90. The van der Waals surface area contributed by atoms with Gasteiger partial charge in [0.15, 0.2) is 0 Å². The van der Waals surface area contributed by atoms with E-state index >= 15 is 0 Å². The Morgan fingerprint density at radius 2 is 0.561 bits per heavy atom. The lowest BCUT2D eigenvalue weighted by Crippen LogP contribution is -2.14. The van der Waals surface area contributed by atoms with E-state index in [4.69, 9.17) is 0 Å². The molecular weight excluding hydrogens is 997 g/mol. The van der Waals surface area contributed by atoms with Gasteiger partial charge in [0.25, 0.3) is 0 Å². The molecule has 0 amide bonds. The molecule has 0 atom stereocenters. The second-order valence-electron chi connectivity index (χ2n) is 21.5. The van der Waals surface area contributed by atoms with Crippen LogP contribution in [0.15, 0.2) is 249 Å². The van der Waals surface area contributed by atoms with E-state index in [9.17, 15) is 0 Å². The van der Waals surface area contributed by atoms with Gasteiger partial charge in [-0.15, -0.1) is 0 Å². The van der Waals surface area contributed by atoms with Crippen LogP contribution >= 0.6 is 0 Å². The highest BCUT2D eigenvalue weighted by molar-refractivity contribution is 6.08. The topological polar surface area (TPSA) is 72.2 Å². The van der Waals surface area contributed by atoms with Gasteiger partial charge in [-0.2, -0.15) is 0 Å². The number of hydrogen-bond donors (Lipinski definition) is 6. The van der Waals surface area contributed by atoms with Gasteiger partial charge < -0.3 is 31.9 Å². The lowest BCUT2D eigenvalue weighted by molar-refractivity contribution is 0.976. The first-order valence-electron chi connectivity index (χ1n) is 28.8. The van der Waals surface area contributed by atoms with Gasteiger partial charge in [-0.3, -0.25) is 0 Å². The molecule has 0 radical (unpaired) electrons. The van der Waals surface area contributed by atoms with E-state index in [1.807, 2.05) is 0 Å². The van der Waals surface area contributed by atoms with Crippen molar-refractivity contribution in [3.05, 3.63) is 310 Å². The molecule has 82 heavy (non-hydrogen) atoms. The van der Waals surface area contributed by atoms with Crippen LogP contribution in [-0.4, -0.2) is 0 Å². The maximum absolute atomic E-state index is 3.90. The van der Waals surface area contributed by atoms with Crippen LogP contribution in [0.5, 0.6) is 0 Å². The smallest absolute Gasteiger partial charge is 0.0413 e. The third-order valence-electron chi connectivity index (χ3n) is 16.5. The Morgan fingerprint density at radius 3 is 1.01 bits per heavy atom. The van der Waals surface area contributed by atoms with Crippen molar-refractivity contribution in [3.63, 3.8) is 0 Å². The molecule has 6 heteroatoms. The van der Waals surface area contributed by atoms with Crippen LogP contribution in [0, 0.1) is 20.8 Å². The second-order valence-corrected chi connectivity index (χ2v) is 21.5. The van der Waals surface area contributed by atoms with Crippen molar-refractivity contribution >= 4 is 66.4 Å². The van der Waals surface area contributed by atoms with E-state index in [0.717, 1.165) is 60.2 Å². The first kappa shape index (κ1) is 52.9. The van der Waals surface area contributed by atoms with Crippen molar-refractivity contribution in [3.8, 4) is 11.1 Å². The molecule has 0 aliphatic heterocycles. The van der Waals surface area contributed by atoms with Gasteiger partial charge >= 0.3 is 0 Å². The third-order valence-corrected chi connectivity index (χ3v) is 16.5. The zero-order valence-corrected chi connectivity index (χ0v) is 47.1. The molecule has 6 N–H and O–H groups in total. The Labute approximate surface area is 483 Å². The molecule has 0 aromatic heterocycles. The fourth-order valence-corrected chi connectivity index (χ4v) is 11.9. The lowest BCUT2D eigenvalue weighted by Gasteiger charge is -2.24. The van der Waals surface area contributed by atoms with Crippen LogP contribution in [0.2, 0.25) is 0 Å². The molecular formula is C76H70N6. The van der Waals surface area contributed by atoms with Crippen molar-refractivity contribution in [2.45, 2.75) is 66.5 Å². The number of hydrogen-bond acceptors (Lipinski definition) is 6. The van der Waals surface area contributed by atoms with E-state index in [1.54, 1.807) is 0 Å². The second kappa shape index (κ2) is 24.7. The van der Waals surface area contributed by atoms with Gasteiger partial charge in [-0.05, 0) is 217 Å². The normalized spacial score (nSPS) is 11.2. The fourth-order valence-electron chi connectivity index (χ4n) is 11.9. The monoisotopic (exact) mass is 1070 g/mol. The molecule has 0 saturated carbocycles. The molecule has 0 bridgehead atoms. The van der Waals surface area contributed by atoms with Gasteiger partial charge in [0.1, 0.15) is 0 Å². The number of fused-ring (bicyclic) bond motifs is 3. The van der Waals surface area contributed by atoms with E-state index in [2.05, 4.69) is 301 Å². The summed E-state index contributed by atoms with van der Waals surface area (Å²) in [5, 5.41) is 30.2. The zero-order valence-electron chi connectivity index (χ0n) is 47.1. The molecule has 0 fully saturated rings. The van der Waals surface area contributed by atoms with Gasteiger partial charge in [-0.1, -0.05) is 164 Å². The predicted octanol–water partition coefficient (Wildman–Crippen LogP) is 19.0. The highest BCUT2D eigenvalue weighted by Crippen LogP contribution is 2.40. The summed E-state index contributed by atoms with van der Waals surface area (Å²) in [6.45, 7) is 11.2. The lowest BCUT2D eigenvalue weighted by atomic mass is 9.84. The SMILES string of the molecule is Cc1c(C)c(CNc2ccccc2)c(Cc2ccc3c(CNc4ccccc4)c4ccc(-c5ccc6c(CNc7ccccc7)ccc(CNc7ccccc7)c6c5)cc4c(CNc4ccccc4)c3c2)c(C)c1CNc1ccccc1. The Balaban J connectivity index is 1.01. The minimum atomic E-state index is 0.644. The minimum absolute atomic E-state index is 0.644. The van der Waals surface area contributed by atoms with Crippen molar-refractivity contribution in [2.75, 3.05) is 31.9 Å². The van der Waals surface area contributed by atoms with Crippen LogP contribution in [0.4, 0.5) is 34.1 Å². The predicted molar refractivity (Wildman–Crippen MR) is 350 cm³/mol. The minimum Gasteiger partial charge on any atom is -0.381 e. The number of nitrogens with one attached hydrogen (secondary N) is 6. The quantitative estimate of drug-likeness (QED) is 0.0403. The van der Waals surface area contributed by atoms with Crippen LogP contribution in [0.3, 0.4) is 0 Å². The van der Waals surface area contributed by atoms with E-state index in [0.29, 0.717) is 19.6 Å². The molecule has 12 aromatic carbocycles. The van der Waals surface area contributed by atoms with E-state index in [1.165, 1.54) is 105 Å². The van der Waals surface area contributed by atoms with Crippen molar-refractivity contribution in [2.24, 2.45) is 0 Å². The molecule has 12 rings (SSSR count). The summed E-state index contributed by atoms with van der Waals surface area (Å²) in [5.41, 5.74) is 23.5. The first-order chi connectivity index (χ1) is 40.4. The standard InChI is InChI=1S/C76H70N6/c1-52-53(2)74(49-80-63-28-16-7-17-29-63)69(54(3)73(52)48-79-62-26-14-6-15-27-62)42-55-34-39-67-71(43-55)76(51-82-65-32-20-9-21-33-65)72-45-57(38-41-68(72)75(67)50-81-64-30-18-8-19-31-64)56-37-40-66-58(46-77-60-22-10-4-11-23-60)35-36-59(70(66)44-56)47-78-61-24-12-5-13-25-61/h4-41,43-45,77-82H,42,46-51H2,1-3H3. The average molecular weight is 1070 g/mol. The molecule has 12 aromatic rings. The Morgan fingerprint density at radius 1 is 0.232 bits per heavy atom. The fraction of sp³-hybridized carbons (Fsp3) is 0.132. The largest absolute Gasteiger partial charge is 0.381 e. The summed E-state index contributed by atoms with van der Waals surface area (Å²) < 4.78 is 0. The first-order valence-corrected chi connectivity index (χ1v) is 28.8. The van der Waals surface area contributed by atoms with Crippen molar-refractivity contribution < 1.29 is 0 Å². The molecule has 0 heterocycles. The average Bonchev–Trinajstić information content (AvgIpc) is 2.34. The Bertz CT molecular complexity index is 4130. The van der Waals surface area contributed by atoms with Crippen molar-refractivity contribution in [1.29, 1.82) is 0 Å². The van der Waals surface area contributed by atoms with Crippen LogP contribution in [-0.2, 0) is 45.7 Å². The van der Waals surface area contributed by atoms with Gasteiger partial charge in [0.05, 0.1) is 0 Å². The Kier molecular flexibility index (Phi) is 15.9. The molecule has 0 aliphatic carbocycles. The molecule has 0 saturated heterocycles. The van der Waals surface area contributed by atoms with Crippen LogP contribution in [0.1, 0.15) is 61.2 Å². The highest BCUT2D eigenvalue weighted by Gasteiger charge is 2.21. The number of benzene rings is 12. The van der Waals surface area contributed by atoms with Gasteiger partial charge in [-0.25, -0.2) is 0 Å². The number of para-hydroxylation sites is 6. The maximum Gasteiger partial charge on any atom is 0.0413 e. The molecule has 0 unspecified atom stereocenters. The summed E-state index contributed by atoms with van der Waals surface area (Å²) in [4.78, 5) is 0. The van der Waals surface area contributed by atoms with Gasteiger partial charge in [0.2, 0.25) is 0 Å². The third kappa shape index (κ3) is 11.9. The number of rotatable bonds is 21. The molecule has 0 aliphatic rings. The summed E-state index contributed by atoms with van der Waals surface area (Å²) in [6, 6.07) is 89.5.